The summed E-state index contributed by atoms with van der Waals surface area (Å²) in [5.41, 5.74) is 0. The Morgan fingerprint density at radius 2 is 2.00 bits per heavy atom. The SMILES string of the molecule is CCC(CC)CCOCC(=O)NC. The van der Waals surface area contributed by atoms with Gasteiger partial charge in [-0.3, -0.25) is 4.79 Å². The van der Waals surface area contributed by atoms with Crippen LogP contribution in [-0.2, 0) is 9.53 Å². The summed E-state index contributed by atoms with van der Waals surface area (Å²) < 4.78 is 5.21. The minimum Gasteiger partial charge on any atom is -0.372 e. The first kappa shape index (κ1) is 12.4. The molecule has 13 heavy (non-hydrogen) atoms. The van der Waals surface area contributed by atoms with E-state index in [1.165, 1.54) is 12.8 Å². The van der Waals surface area contributed by atoms with Crippen molar-refractivity contribution in [3.05, 3.63) is 0 Å². The van der Waals surface area contributed by atoms with E-state index in [2.05, 4.69) is 19.2 Å². The van der Waals surface area contributed by atoms with Gasteiger partial charge in [-0.15, -0.1) is 0 Å². The van der Waals surface area contributed by atoms with E-state index in [-0.39, 0.29) is 12.5 Å². The standard InChI is InChI=1S/C10H21NO2/c1-4-9(5-2)6-7-13-8-10(12)11-3/h9H,4-8H2,1-3H3,(H,11,12). The van der Waals surface area contributed by atoms with Gasteiger partial charge in [0.05, 0.1) is 0 Å². The summed E-state index contributed by atoms with van der Waals surface area (Å²) in [7, 11) is 1.62. The van der Waals surface area contributed by atoms with Crippen molar-refractivity contribution in [2.24, 2.45) is 5.92 Å². The normalized spacial score (nSPS) is 10.5. The van der Waals surface area contributed by atoms with E-state index >= 15 is 0 Å². The van der Waals surface area contributed by atoms with Gasteiger partial charge in [-0.2, -0.15) is 0 Å². The second kappa shape index (κ2) is 8.05. The average molecular weight is 187 g/mol. The van der Waals surface area contributed by atoms with E-state index in [1.807, 2.05) is 0 Å². The lowest BCUT2D eigenvalue weighted by atomic mass is 10.0. The Balaban J connectivity index is 3.28. The summed E-state index contributed by atoms with van der Waals surface area (Å²) in [6.45, 7) is 5.26. The van der Waals surface area contributed by atoms with Crippen LogP contribution in [0.4, 0.5) is 0 Å². The molecule has 0 radical (unpaired) electrons. The Morgan fingerprint density at radius 3 is 2.46 bits per heavy atom. The lowest BCUT2D eigenvalue weighted by Crippen LogP contribution is -2.23. The molecule has 0 saturated heterocycles. The molecule has 1 N–H and O–H groups in total. The predicted molar refractivity (Wildman–Crippen MR) is 53.6 cm³/mol. The van der Waals surface area contributed by atoms with Gasteiger partial charge in [0.2, 0.25) is 5.91 Å². The highest BCUT2D eigenvalue weighted by Gasteiger charge is 2.03. The highest BCUT2D eigenvalue weighted by Crippen LogP contribution is 2.11. The van der Waals surface area contributed by atoms with Crippen molar-refractivity contribution >= 4 is 5.91 Å². The zero-order valence-electron chi connectivity index (χ0n) is 8.93. The fourth-order valence-electron chi connectivity index (χ4n) is 1.18. The highest BCUT2D eigenvalue weighted by molar-refractivity contribution is 5.76. The van der Waals surface area contributed by atoms with Crippen LogP contribution in [0.1, 0.15) is 33.1 Å². The zero-order valence-corrected chi connectivity index (χ0v) is 8.93. The first-order valence-corrected chi connectivity index (χ1v) is 5.02. The second-order valence-corrected chi connectivity index (χ2v) is 3.20. The van der Waals surface area contributed by atoms with Crippen molar-refractivity contribution < 1.29 is 9.53 Å². The molecule has 0 aliphatic carbocycles. The van der Waals surface area contributed by atoms with Gasteiger partial charge in [0, 0.05) is 13.7 Å². The zero-order chi connectivity index (χ0) is 10.1. The summed E-state index contributed by atoms with van der Waals surface area (Å²) in [5, 5.41) is 2.52. The number of rotatable bonds is 7. The topological polar surface area (TPSA) is 38.3 Å². The quantitative estimate of drug-likeness (QED) is 0.614. The van der Waals surface area contributed by atoms with Crippen LogP contribution in [0.3, 0.4) is 0 Å². The van der Waals surface area contributed by atoms with Crippen LogP contribution in [0.25, 0.3) is 0 Å². The number of carbonyl (C=O) groups is 1. The number of hydrogen-bond donors (Lipinski definition) is 1. The van der Waals surface area contributed by atoms with E-state index < -0.39 is 0 Å². The summed E-state index contributed by atoms with van der Waals surface area (Å²) >= 11 is 0. The molecular weight excluding hydrogens is 166 g/mol. The Labute approximate surface area is 80.8 Å². The molecule has 0 unspecified atom stereocenters. The maximum absolute atomic E-state index is 10.8. The smallest absolute Gasteiger partial charge is 0.245 e. The molecule has 3 heteroatoms. The number of ether oxygens (including phenoxy) is 1. The molecular formula is C10H21NO2. The van der Waals surface area contributed by atoms with Crippen molar-refractivity contribution in [2.75, 3.05) is 20.3 Å². The number of likely N-dealkylation sites (N-methyl/N-ethyl adjacent to an activating group) is 1. The van der Waals surface area contributed by atoms with Gasteiger partial charge in [0.25, 0.3) is 0 Å². The molecule has 0 aliphatic rings. The molecule has 0 heterocycles. The molecule has 0 saturated carbocycles. The lowest BCUT2D eigenvalue weighted by Gasteiger charge is -2.11. The molecule has 0 aromatic rings. The van der Waals surface area contributed by atoms with Crippen LogP contribution in [0.2, 0.25) is 0 Å². The van der Waals surface area contributed by atoms with E-state index in [4.69, 9.17) is 4.74 Å². The third-order valence-electron chi connectivity index (χ3n) is 2.34. The molecule has 0 fully saturated rings. The third kappa shape index (κ3) is 6.58. The molecule has 0 aliphatic heterocycles. The third-order valence-corrected chi connectivity index (χ3v) is 2.34. The molecule has 0 aromatic carbocycles. The maximum atomic E-state index is 10.8. The minimum atomic E-state index is -0.0513. The largest absolute Gasteiger partial charge is 0.372 e. The van der Waals surface area contributed by atoms with Gasteiger partial charge in [-0.1, -0.05) is 26.7 Å². The Hall–Kier alpha value is -0.570. The fourth-order valence-corrected chi connectivity index (χ4v) is 1.18. The lowest BCUT2D eigenvalue weighted by molar-refractivity contribution is -0.125. The van der Waals surface area contributed by atoms with Crippen LogP contribution in [0.15, 0.2) is 0 Å². The van der Waals surface area contributed by atoms with E-state index in [0.717, 1.165) is 12.3 Å². The van der Waals surface area contributed by atoms with Gasteiger partial charge in [0.1, 0.15) is 6.61 Å². The van der Waals surface area contributed by atoms with Gasteiger partial charge in [-0.25, -0.2) is 0 Å². The molecule has 3 nitrogen and oxygen atoms in total. The summed E-state index contributed by atoms with van der Waals surface area (Å²) in [6.07, 6.45) is 3.45. The van der Waals surface area contributed by atoms with E-state index in [1.54, 1.807) is 7.05 Å². The van der Waals surface area contributed by atoms with Crippen LogP contribution >= 0.6 is 0 Å². The number of carbonyl (C=O) groups excluding carboxylic acids is 1. The van der Waals surface area contributed by atoms with Crippen LogP contribution in [0, 0.1) is 5.92 Å². The monoisotopic (exact) mass is 187 g/mol. The van der Waals surface area contributed by atoms with Crippen molar-refractivity contribution in [1.82, 2.24) is 5.32 Å². The van der Waals surface area contributed by atoms with Crippen molar-refractivity contribution in [3.63, 3.8) is 0 Å². The van der Waals surface area contributed by atoms with Gasteiger partial charge in [0.15, 0.2) is 0 Å². The van der Waals surface area contributed by atoms with Crippen LogP contribution in [-0.4, -0.2) is 26.2 Å². The fraction of sp³-hybridized carbons (Fsp3) is 0.900. The molecule has 0 spiro atoms. The predicted octanol–water partition coefficient (Wildman–Crippen LogP) is 1.58. The Morgan fingerprint density at radius 1 is 1.38 bits per heavy atom. The maximum Gasteiger partial charge on any atom is 0.245 e. The minimum absolute atomic E-state index is 0.0513. The van der Waals surface area contributed by atoms with Crippen molar-refractivity contribution in [2.45, 2.75) is 33.1 Å². The molecule has 0 bridgehead atoms. The molecule has 0 rings (SSSR count). The molecule has 0 atom stereocenters. The van der Waals surface area contributed by atoms with Crippen molar-refractivity contribution in [1.29, 1.82) is 0 Å². The summed E-state index contributed by atoms with van der Waals surface area (Å²) in [4.78, 5) is 10.8. The number of nitrogens with one attached hydrogen (secondary N) is 1. The van der Waals surface area contributed by atoms with Gasteiger partial charge >= 0.3 is 0 Å². The number of amides is 1. The molecule has 0 aromatic heterocycles. The van der Waals surface area contributed by atoms with Gasteiger partial charge < -0.3 is 10.1 Å². The number of hydrogen-bond acceptors (Lipinski definition) is 2. The van der Waals surface area contributed by atoms with E-state index in [0.29, 0.717) is 6.61 Å². The average Bonchev–Trinajstić information content (AvgIpc) is 2.18. The first-order chi connectivity index (χ1) is 6.24. The summed E-state index contributed by atoms with van der Waals surface area (Å²) in [5.74, 6) is 0.689. The van der Waals surface area contributed by atoms with Crippen molar-refractivity contribution in [3.8, 4) is 0 Å². The highest BCUT2D eigenvalue weighted by atomic mass is 16.5. The van der Waals surface area contributed by atoms with Gasteiger partial charge in [-0.05, 0) is 12.3 Å². The van der Waals surface area contributed by atoms with E-state index in [9.17, 15) is 4.79 Å². The van der Waals surface area contributed by atoms with Crippen LogP contribution < -0.4 is 5.32 Å². The Bertz CT molecular complexity index is 133. The molecule has 78 valence electrons. The summed E-state index contributed by atoms with van der Waals surface area (Å²) in [6, 6.07) is 0. The first-order valence-electron chi connectivity index (χ1n) is 5.02. The molecule has 1 amide bonds. The second-order valence-electron chi connectivity index (χ2n) is 3.20. The van der Waals surface area contributed by atoms with Crippen LogP contribution in [0.5, 0.6) is 0 Å². The Kier molecular flexibility index (Phi) is 7.69.